The quantitative estimate of drug-likeness (QED) is 0.0652. The first kappa shape index (κ1) is 37.8. The predicted molar refractivity (Wildman–Crippen MR) is 167 cm³/mol. The summed E-state index contributed by atoms with van der Waals surface area (Å²) in [5, 5.41) is -0.712. The molecule has 0 aromatic rings. The van der Waals surface area contributed by atoms with Crippen molar-refractivity contribution in [3.63, 3.8) is 0 Å². The summed E-state index contributed by atoms with van der Waals surface area (Å²) in [4.78, 5) is 0. The molecule has 5 nitrogen and oxygen atoms in total. The minimum atomic E-state index is -4.09. The van der Waals surface area contributed by atoms with Gasteiger partial charge in [-0.1, -0.05) is 111 Å². The molecular formula is C32H70N2O3S+2. The second kappa shape index (κ2) is 20.7. The van der Waals surface area contributed by atoms with Crippen LogP contribution in [0.4, 0.5) is 0 Å². The number of rotatable bonds is 26. The fourth-order valence-corrected chi connectivity index (χ4v) is 7.50. The van der Waals surface area contributed by atoms with Crippen LogP contribution in [-0.4, -0.2) is 81.1 Å². The Kier molecular flexibility index (Phi) is 20.6. The van der Waals surface area contributed by atoms with Crippen molar-refractivity contribution in [1.82, 2.24) is 0 Å². The van der Waals surface area contributed by atoms with Crippen LogP contribution in [-0.2, 0) is 10.1 Å². The molecule has 0 aliphatic carbocycles. The van der Waals surface area contributed by atoms with Gasteiger partial charge in [0.1, 0.15) is 11.3 Å². The highest BCUT2D eigenvalue weighted by Gasteiger charge is 2.43. The van der Waals surface area contributed by atoms with Crippen molar-refractivity contribution in [1.29, 1.82) is 0 Å². The zero-order valence-electron chi connectivity index (χ0n) is 27.1. The van der Waals surface area contributed by atoms with Crippen molar-refractivity contribution < 1.29 is 21.9 Å². The number of unbranched alkanes of at least 4 members (excludes halogenated alkanes) is 15. The van der Waals surface area contributed by atoms with Crippen LogP contribution in [0.3, 0.4) is 0 Å². The van der Waals surface area contributed by atoms with Crippen LogP contribution >= 0.6 is 0 Å². The molecule has 0 rings (SSSR count). The molecule has 0 radical (unpaired) electrons. The third-order valence-electron chi connectivity index (χ3n) is 8.94. The second-order valence-electron chi connectivity index (χ2n) is 13.6. The highest BCUT2D eigenvalue weighted by atomic mass is 32.2. The first-order valence-electron chi connectivity index (χ1n) is 16.4. The normalized spacial score (nSPS) is 15.5. The molecule has 230 valence electrons. The van der Waals surface area contributed by atoms with Gasteiger partial charge in [-0.15, -0.1) is 0 Å². The van der Waals surface area contributed by atoms with Gasteiger partial charge < -0.3 is 8.97 Å². The molecule has 0 saturated carbocycles. The zero-order valence-corrected chi connectivity index (χ0v) is 28.0. The van der Waals surface area contributed by atoms with Gasteiger partial charge in [-0.2, -0.15) is 8.42 Å². The third-order valence-corrected chi connectivity index (χ3v) is 10.4. The molecule has 0 aliphatic heterocycles. The van der Waals surface area contributed by atoms with Crippen molar-refractivity contribution in [2.75, 3.05) is 41.8 Å². The average Bonchev–Trinajstić information content (AvgIpc) is 2.81. The van der Waals surface area contributed by atoms with Gasteiger partial charge in [-0.3, -0.25) is 4.55 Å². The Hall–Kier alpha value is -0.170. The summed E-state index contributed by atoms with van der Waals surface area (Å²) >= 11 is 0. The summed E-state index contributed by atoms with van der Waals surface area (Å²) < 4.78 is 36.4. The van der Waals surface area contributed by atoms with Gasteiger partial charge in [-0.25, -0.2) is 0 Å². The maximum Gasteiger partial charge on any atom is 0.273 e. The van der Waals surface area contributed by atoms with Crippen LogP contribution in [0.25, 0.3) is 0 Å². The van der Waals surface area contributed by atoms with Gasteiger partial charge in [-0.05, 0) is 32.1 Å². The highest BCUT2D eigenvalue weighted by Crippen LogP contribution is 2.29. The average molecular weight is 563 g/mol. The van der Waals surface area contributed by atoms with Crippen molar-refractivity contribution in [3.05, 3.63) is 0 Å². The van der Waals surface area contributed by atoms with Crippen LogP contribution in [0.1, 0.15) is 149 Å². The fraction of sp³-hybridized carbons (Fsp3) is 1.00. The summed E-state index contributed by atoms with van der Waals surface area (Å²) in [6, 6.07) is 0.289. The molecule has 0 heterocycles. The Labute approximate surface area is 240 Å². The first-order chi connectivity index (χ1) is 17.8. The molecule has 3 atom stereocenters. The van der Waals surface area contributed by atoms with Gasteiger partial charge in [0.25, 0.3) is 10.1 Å². The van der Waals surface area contributed by atoms with Gasteiger partial charge in [0.15, 0.2) is 0 Å². The Morgan fingerprint density at radius 2 is 1.00 bits per heavy atom. The van der Waals surface area contributed by atoms with E-state index in [1.165, 1.54) is 109 Å². The van der Waals surface area contributed by atoms with E-state index < -0.39 is 15.4 Å². The van der Waals surface area contributed by atoms with E-state index in [2.05, 4.69) is 49.1 Å². The van der Waals surface area contributed by atoms with Gasteiger partial charge in [0, 0.05) is 0 Å². The lowest BCUT2D eigenvalue weighted by atomic mass is 9.93. The highest BCUT2D eigenvalue weighted by molar-refractivity contribution is 7.86. The van der Waals surface area contributed by atoms with E-state index in [4.69, 9.17) is 0 Å². The minimum Gasteiger partial charge on any atom is -0.327 e. The second-order valence-corrected chi connectivity index (χ2v) is 15.3. The lowest BCUT2D eigenvalue weighted by molar-refractivity contribution is -0.931. The van der Waals surface area contributed by atoms with E-state index in [9.17, 15) is 13.0 Å². The Bertz CT molecular complexity index is 658. The minimum absolute atomic E-state index is 0.116. The Morgan fingerprint density at radius 3 is 1.37 bits per heavy atom. The fourth-order valence-electron chi connectivity index (χ4n) is 6.21. The topological polar surface area (TPSA) is 54.4 Å². The van der Waals surface area contributed by atoms with Crippen LogP contribution < -0.4 is 0 Å². The number of quaternary nitrogens is 2. The molecule has 0 aromatic heterocycles. The van der Waals surface area contributed by atoms with E-state index >= 15 is 0 Å². The maximum absolute atomic E-state index is 12.4. The molecule has 0 fully saturated rings. The van der Waals surface area contributed by atoms with E-state index in [1.54, 1.807) is 0 Å². The Balaban J connectivity index is 5.14. The SMILES string of the molecule is CCCCCCCCCCCC[N+](C)(C)C(CCCCCCCCC)CC(C(CC)S(=O)(=O)O)[N+](C)(C)C. The summed E-state index contributed by atoms with van der Waals surface area (Å²) in [6.45, 7) is 7.58. The van der Waals surface area contributed by atoms with Gasteiger partial charge >= 0.3 is 0 Å². The van der Waals surface area contributed by atoms with Crippen molar-refractivity contribution in [2.24, 2.45) is 0 Å². The van der Waals surface area contributed by atoms with Crippen molar-refractivity contribution in [2.45, 2.75) is 167 Å². The monoisotopic (exact) mass is 563 g/mol. The molecule has 6 heteroatoms. The Morgan fingerprint density at radius 1 is 0.605 bits per heavy atom. The maximum atomic E-state index is 12.4. The summed E-state index contributed by atoms with van der Waals surface area (Å²) in [5.41, 5.74) is 0. The van der Waals surface area contributed by atoms with Crippen molar-refractivity contribution >= 4 is 10.1 Å². The van der Waals surface area contributed by atoms with Crippen LogP contribution in [0, 0.1) is 0 Å². The molecule has 0 saturated heterocycles. The number of nitrogens with zero attached hydrogens (tertiary/aromatic N) is 2. The predicted octanol–water partition coefficient (Wildman–Crippen LogP) is 8.62. The summed E-state index contributed by atoms with van der Waals surface area (Å²) in [5.74, 6) is 0. The largest absolute Gasteiger partial charge is 0.327 e. The molecule has 3 unspecified atom stereocenters. The van der Waals surface area contributed by atoms with Crippen LogP contribution in [0.5, 0.6) is 0 Å². The zero-order chi connectivity index (χ0) is 29.1. The van der Waals surface area contributed by atoms with Crippen molar-refractivity contribution in [3.8, 4) is 0 Å². The van der Waals surface area contributed by atoms with Gasteiger partial charge in [0.2, 0.25) is 0 Å². The molecule has 0 amide bonds. The standard InChI is InChI=1S/C32H69N2O3S/c1-9-12-14-16-18-19-20-22-24-26-28-34(7,8)30(27-25-23-21-17-15-13-10-2)29-31(33(4,5)6)32(11-3)38(35,36)37/h30-32H,9-29H2,1-8H3/q+1/p+1. The summed E-state index contributed by atoms with van der Waals surface area (Å²) in [6.07, 6.45) is 25.0. The third kappa shape index (κ3) is 17.5. The number of hydrogen-bond donors (Lipinski definition) is 1. The van der Waals surface area contributed by atoms with Crippen LogP contribution in [0.2, 0.25) is 0 Å². The van der Waals surface area contributed by atoms with Gasteiger partial charge in [0.05, 0.1) is 54.2 Å². The molecule has 0 aliphatic rings. The lowest BCUT2D eigenvalue weighted by Crippen LogP contribution is -2.59. The molecule has 0 spiro atoms. The number of hydrogen-bond acceptors (Lipinski definition) is 2. The summed E-state index contributed by atoms with van der Waals surface area (Å²) in [7, 11) is 6.90. The van der Waals surface area contributed by atoms with E-state index in [0.29, 0.717) is 16.9 Å². The molecule has 0 aromatic carbocycles. The first-order valence-corrected chi connectivity index (χ1v) is 17.9. The van der Waals surface area contributed by atoms with E-state index in [-0.39, 0.29) is 6.04 Å². The molecule has 0 bridgehead atoms. The lowest BCUT2D eigenvalue weighted by Gasteiger charge is -2.44. The molecular weight excluding hydrogens is 492 g/mol. The van der Waals surface area contributed by atoms with E-state index in [1.807, 2.05) is 6.92 Å². The smallest absolute Gasteiger partial charge is 0.273 e. The van der Waals surface area contributed by atoms with E-state index in [0.717, 1.165) is 23.9 Å². The van der Waals surface area contributed by atoms with Crippen LogP contribution in [0.15, 0.2) is 0 Å². The molecule has 38 heavy (non-hydrogen) atoms. The molecule has 1 N–H and O–H groups in total.